The molecule has 3 aromatic rings. The molecule has 0 amide bonds. The zero-order valence-corrected chi connectivity index (χ0v) is 11.8. The summed E-state index contributed by atoms with van der Waals surface area (Å²) in [5.41, 5.74) is 1.17. The van der Waals surface area contributed by atoms with Gasteiger partial charge in [0.15, 0.2) is 5.82 Å². The van der Waals surface area contributed by atoms with E-state index >= 15 is 0 Å². The maximum absolute atomic E-state index is 11.3. The largest absolute Gasteiger partial charge is 0.478 e. The van der Waals surface area contributed by atoms with Crippen LogP contribution in [0.2, 0.25) is 0 Å². The second-order valence-electron chi connectivity index (χ2n) is 5.19. The summed E-state index contributed by atoms with van der Waals surface area (Å²) in [6.45, 7) is 4.15. The maximum Gasteiger partial charge on any atom is 0.337 e. The third-order valence-corrected chi connectivity index (χ3v) is 3.42. The average molecular weight is 281 g/mol. The molecule has 0 saturated heterocycles. The Morgan fingerprint density at radius 1 is 1.19 bits per heavy atom. The van der Waals surface area contributed by atoms with E-state index in [-0.39, 0.29) is 5.56 Å². The zero-order valence-electron chi connectivity index (χ0n) is 11.8. The molecule has 0 aliphatic carbocycles. The molecule has 106 valence electrons. The van der Waals surface area contributed by atoms with Crippen LogP contribution >= 0.6 is 0 Å². The highest BCUT2D eigenvalue weighted by Crippen LogP contribution is 2.24. The van der Waals surface area contributed by atoms with Gasteiger partial charge in [-0.25, -0.2) is 14.5 Å². The molecule has 5 nitrogen and oxygen atoms in total. The number of hydrogen-bond acceptors (Lipinski definition) is 3. The Kier molecular flexibility index (Phi) is 3.17. The molecule has 2 aromatic heterocycles. The van der Waals surface area contributed by atoms with Gasteiger partial charge in [0.25, 0.3) is 0 Å². The minimum absolute atomic E-state index is 0.200. The van der Waals surface area contributed by atoms with Crippen LogP contribution in [0.25, 0.3) is 16.6 Å². The zero-order chi connectivity index (χ0) is 15.0. The molecule has 1 aromatic carbocycles. The van der Waals surface area contributed by atoms with Crippen LogP contribution in [-0.2, 0) is 0 Å². The van der Waals surface area contributed by atoms with Crippen molar-refractivity contribution in [3.63, 3.8) is 0 Å². The first-order valence-corrected chi connectivity index (χ1v) is 6.75. The lowest BCUT2D eigenvalue weighted by Crippen LogP contribution is -2.05. The number of carbonyl (C=O) groups is 1. The van der Waals surface area contributed by atoms with Crippen molar-refractivity contribution in [2.45, 2.75) is 19.8 Å². The number of aromatic carboxylic acids is 1. The number of fused-ring (bicyclic) bond motifs is 1. The van der Waals surface area contributed by atoms with Crippen molar-refractivity contribution in [2.75, 3.05) is 0 Å². The Balaban J connectivity index is 2.24. The van der Waals surface area contributed by atoms with Gasteiger partial charge in [-0.05, 0) is 12.0 Å². The van der Waals surface area contributed by atoms with Gasteiger partial charge in [-0.3, -0.25) is 0 Å². The molecule has 0 fully saturated rings. The van der Waals surface area contributed by atoms with Crippen molar-refractivity contribution in [2.24, 2.45) is 0 Å². The molecule has 0 aliphatic heterocycles. The summed E-state index contributed by atoms with van der Waals surface area (Å²) in [5.74, 6) is -0.00751. The van der Waals surface area contributed by atoms with Crippen molar-refractivity contribution in [1.29, 1.82) is 0 Å². The third kappa shape index (κ3) is 2.27. The summed E-state index contributed by atoms with van der Waals surface area (Å²) in [6, 6.07) is 9.29. The first-order chi connectivity index (χ1) is 10.1. The summed E-state index contributed by atoms with van der Waals surface area (Å²) in [7, 11) is 0. The molecule has 0 saturated carbocycles. The van der Waals surface area contributed by atoms with E-state index in [0.717, 1.165) is 11.1 Å². The number of carboxylic acids is 1. The van der Waals surface area contributed by atoms with Crippen LogP contribution in [0.15, 0.2) is 42.7 Å². The van der Waals surface area contributed by atoms with Crippen molar-refractivity contribution in [1.82, 2.24) is 14.8 Å². The van der Waals surface area contributed by atoms with Gasteiger partial charge in [0, 0.05) is 23.2 Å². The first kappa shape index (κ1) is 13.3. The summed E-state index contributed by atoms with van der Waals surface area (Å²) in [4.78, 5) is 15.6. The van der Waals surface area contributed by atoms with Gasteiger partial charge in [-0.15, -0.1) is 0 Å². The number of carboxylic acid groups (broad SMARTS) is 1. The summed E-state index contributed by atoms with van der Waals surface area (Å²) < 4.78 is 1.70. The Hall–Kier alpha value is -2.69. The average Bonchev–Trinajstić information content (AvgIpc) is 2.95. The summed E-state index contributed by atoms with van der Waals surface area (Å²) >= 11 is 0. The fraction of sp³-hybridized carbons (Fsp3) is 0.188. The lowest BCUT2D eigenvalue weighted by Gasteiger charge is -2.08. The maximum atomic E-state index is 11.3. The Bertz CT molecular complexity index is 821. The molecule has 21 heavy (non-hydrogen) atoms. The van der Waals surface area contributed by atoms with E-state index in [4.69, 9.17) is 0 Å². The van der Waals surface area contributed by atoms with Gasteiger partial charge in [0.05, 0.1) is 11.3 Å². The van der Waals surface area contributed by atoms with Crippen LogP contribution in [0.4, 0.5) is 0 Å². The van der Waals surface area contributed by atoms with E-state index in [1.165, 1.54) is 6.20 Å². The van der Waals surface area contributed by atoms with Crippen molar-refractivity contribution in [3.05, 3.63) is 54.0 Å². The molecule has 0 atom stereocenters. The van der Waals surface area contributed by atoms with E-state index in [2.05, 4.69) is 23.9 Å². The van der Waals surface area contributed by atoms with Crippen LogP contribution < -0.4 is 0 Å². The monoisotopic (exact) mass is 281 g/mol. The van der Waals surface area contributed by atoms with Crippen molar-refractivity contribution >= 4 is 16.7 Å². The lowest BCUT2D eigenvalue weighted by molar-refractivity contribution is 0.0698. The van der Waals surface area contributed by atoms with E-state index in [1.807, 2.05) is 30.5 Å². The Morgan fingerprint density at radius 3 is 2.52 bits per heavy atom. The predicted octanol–water partition coefficient (Wildman–Crippen LogP) is 3.24. The fourth-order valence-electron chi connectivity index (χ4n) is 2.29. The quantitative estimate of drug-likeness (QED) is 0.800. The van der Waals surface area contributed by atoms with E-state index in [1.54, 1.807) is 10.7 Å². The van der Waals surface area contributed by atoms with Crippen LogP contribution in [0.1, 0.15) is 35.8 Å². The number of benzene rings is 1. The summed E-state index contributed by atoms with van der Waals surface area (Å²) in [5, 5.41) is 15.2. The Morgan fingerprint density at radius 2 is 1.90 bits per heavy atom. The van der Waals surface area contributed by atoms with Crippen LogP contribution in [0.3, 0.4) is 0 Å². The SMILES string of the molecule is CC(C)c1ccn(-c2ncc(C(=O)O)c3ccccc23)n1. The molecule has 0 unspecified atom stereocenters. The van der Waals surface area contributed by atoms with E-state index in [9.17, 15) is 9.90 Å². The van der Waals surface area contributed by atoms with E-state index in [0.29, 0.717) is 17.1 Å². The van der Waals surface area contributed by atoms with Gasteiger partial charge in [-0.1, -0.05) is 38.1 Å². The molecular weight excluding hydrogens is 266 g/mol. The smallest absolute Gasteiger partial charge is 0.337 e. The van der Waals surface area contributed by atoms with Crippen molar-refractivity contribution < 1.29 is 9.90 Å². The highest BCUT2D eigenvalue weighted by molar-refractivity contribution is 6.05. The normalized spacial score (nSPS) is 11.2. The van der Waals surface area contributed by atoms with Crippen molar-refractivity contribution in [3.8, 4) is 5.82 Å². The summed E-state index contributed by atoms with van der Waals surface area (Å²) in [6.07, 6.45) is 3.24. The van der Waals surface area contributed by atoms with E-state index < -0.39 is 5.97 Å². The van der Waals surface area contributed by atoms with Gasteiger partial charge in [-0.2, -0.15) is 5.10 Å². The second-order valence-corrected chi connectivity index (χ2v) is 5.19. The van der Waals surface area contributed by atoms with Gasteiger partial charge in [0.1, 0.15) is 0 Å². The Labute approximate surface area is 121 Å². The van der Waals surface area contributed by atoms with Crippen LogP contribution in [0, 0.1) is 0 Å². The van der Waals surface area contributed by atoms with Gasteiger partial charge < -0.3 is 5.11 Å². The molecule has 0 bridgehead atoms. The highest BCUT2D eigenvalue weighted by atomic mass is 16.4. The van der Waals surface area contributed by atoms with Crippen LogP contribution in [0.5, 0.6) is 0 Å². The first-order valence-electron chi connectivity index (χ1n) is 6.75. The molecule has 5 heteroatoms. The number of rotatable bonds is 3. The predicted molar refractivity (Wildman–Crippen MR) is 79.9 cm³/mol. The number of hydrogen-bond donors (Lipinski definition) is 1. The van der Waals surface area contributed by atoms with Crippen LogP contribution in [-0.4, -0.2) is 25.8 Å². The topological polar surface area (TPSA) is 68.0 Å². The second kappa shape index (κ2) is 5.01. The molecule has 2 heterocycles. The third-order valence-electron chi connectivity index (χ3n) is 3.42. The molecular formula is C16H15N3O2. The molecule has 3 rings (SSSR count). The molecule has 0 aliphatic rings. The standard InChI is InChI=1S/C16H15N3O2/c1-10(2)14-7-8-19(18-14)15-12-6-4-3-5-11(12)13(9-17-15)16(20)21/h3-10H,1-2H3,(H,20,21). The lowest BCUT2D eigenvalue weighted by atomic mass is 10.1. The minimum atomic E-state index is -0.978. The highest BCUT2D eigenvalue weighted by Gasteiger charge is 2.14. The fourth-order valence-corrected chi connectivity index (χ4v) is 2.29. The number of pyridine rings is 1. The molecule has 0 spiro atoms. The number of nitrogens with zero attached hydrogens (tertiary/aromatic N) is 3. The molecule has 1 N–H and O–H groups in total. The molecule has 0 radical (unpaired) electrons. The minimum Gasteiger partial charge on any atom is -0.478 e. The van der Waals surface area contributed by atoms with Gasteiger partial charge in [0.2, 0.25) is 0 Å². The van der Waals surface area contributed by atoms with Gasteiger partial charge >= 0.3 is 5.97 Å². The number of aromatic nitrogens is 3.